The number of ketones is 2. The number of hydrogen-bond acceptors (Lipinski definition) is 4. The van der Waals surface area contributed by atoms with E-state index in [2.05, 4.69) is 19.6 Å². The highest BCUT2D eigenvalue weighted by Gasteiger charge is 2.54. The summed E-state index contributed by atoms with van der Waals surface area (Å²) in [7, 11) is -1.89. The summed E-state index contributed by atoms with van der Waals surface area (Å²) in [5, 5.41) is 0. The van der Waals surface area contributed by atoms with E-state index in [4.69, 9.17) is 4.43 Å². The van der Waals surface area contributed by atoms with E-state index in [1.54, 1.807) is 48.5 Å². The molecule has 0 N–H and O–H groups in total. The van der Waals surface area contributed by atoms with Gasteiger partial charge in [0.15, 0.2) is 19.9 Å². The lowest BCUT2D eigenvalue weighted by molar-refractivity contribution is -0.158. The van der Waals surface area contributed by atoms with Crippen molar-refractivity contribution in [3.63, 3.8) is 0 Å². The number of likely N-dealkylation sites (tertiary alicyclic amines) is 1. The van der Waals surface area contributed by atoms with Gasteiger partial charge in [0, 0.05) is 11.1 Å². The summed E-state index contributed by atoms with van der Waals surface area (Å²) in [5.41, 5.74) is 1.06. The van der Waals surface area contributed by atoms with Crippen molar-refractivity contribution in [2.24, 2.45) is 5.92 Å². The van der Waals surface area contributed by atoms with Crippen molar-refractivity contribution in [1.29, 1.82) is 0 Å². The van der Waals surface area contributed by atoms with E-state index in [0.717, 1.165) is 0 Å². The van der Waals surface area contributed by atoms with E-state index in [0.29, 0.717) is 11.1 Å². The molecule has 1 fully saturated rings. The van der Waals surface area contributed by atoms with Crippen LogP contribution >= 0.6 is 0 Å². The molecule has 1 aliphatic rings. The van der Waals surface area contributed by atoms with Crippen LogP contribution in [0.4, 0.5) is 0 Å². The second kappa shape index (κ2) is 8.43. The number of hydrogen-bond donors (Lipinski definition) is 0. The molecule has 152 valence electrons. The molecular formula is C23H27NO4Si. The Kier molecular flexibility index (Phi) is 6.15. The minimum atomic E-state index is -1.89. The summed E-state index contributed by atoms with van der Waals surface area (Å²) in [6, 6.07) is 17.1. The molecule has 0 radical (unpaired) electrons. The van der Waals surface area contributed by atoms with Crippen molar-refractivity contribution in [3.8, 4) is 0 Å². The van der Waals surface area contributed by atoms with Gasteiger partial charge in [0.25, 0.3) is 0 Å². The molecule has 6 heteroatoms. The van der Waals surface area contributed by atoms with Crippen molar-refractivity contribution in [1.82, 2.24) is 4.90 Å². The van der Waals surface area contributed by atoms with Gasteiger partial charge in [0.05, 0.1) is 18.6 Å². The highest BCUT2D eigenvalue weighted by atomic mass is 28.4. The molecule has 1 saturated heterocycles. The number of carbonyl (C=O) groups excluding carboxylic acids is 3. The summed E-state index contributed by atoms with van der Waals surface area (Å²) in [4.78, 5) is 40.3. The summed E-state index contributed by atoms with van der Waals surface area (Å²) in [6.45, 7) is 7.90. The molecule has 2 aromatic carbocycles. The lowest BCUT2D eigenvalue weighted by atomic mass is 9.78. The fraction of sp³-hybridized carbons (Fsp3) is 0.348. The second-order valence-corrected chi connectivity index (χ2v) is 12.9. The van der Waals surface area contributed by atoms with Gasteiger partial charge in [-0.2, -0.15) is 0 Å². The molecule has 1 heterocycles. The fourth-order valence-corrected chi connectivity index (χ4v) is 5.05. The van der Waals surface area contributed by atoms with Crippen LogP contribution in [0.25, 0.3) is 0 Å². The smallest absolute Gasteiger partial charge is 0.231 e. The molecule has 0 bridgehead atoms. The number of rotatable bonds is 8. The average Bonchev–Trinajstić information content (AvgIpc) is 2.69. The molecule has 0 aromatic heterocycles. The molecule has 0 spiro atoms. The Labute approximate surface area is 172 Å². The van der Waals surface area contributed by atoms with E-state index in [9.17, 15) is 14.4 Å². The summed E-state index contributed by atoms with van der Waals surface area (Å²) in [5.74, 6) is -1.10. The van der Waals surface area contributed by atoms with E-state index < -0.39 is 20.3 Å². The molecule has 29 heavy (non-hydrogen) atoms. The standard InChI is InChI=1S/C23H27NO4Si/c1-16(28-29(2,3)4)20-21(22(26)18-13-9-6-10-14-18)24(23(20)27)15-19(25)17-11-7-5-8-12-17/h5-14,16,20-21H,15H2,1-4H3/t16?,20-,21+/m0/s1. The van der Waals surface area contributed by atoms with E-state index >= 15 is 0 Å². The van der Waals surface area contributed by atoms with E-state index in [1.165, 1.54) is 4.90 Å². The third kappa shape index (κ3) is 4.71. The number of β-lactam (4-membered cyclic amide) rings is 1. The van der Waals surface area contributed by atoms with Crippen LogP contribution < -0.4 is 0 Å². The summed E-state index contributed by atoms with van der Waals surface area (Å²) in [6.07, 6.45) is -0.380. The number of benzene rings is 2. The van der Waals surface area contributed by atoms with Gasteiger partial charge in [-0.1, -0.05) is 60.7 Å². The molecule has 0 aliphatic carbocycles. The average molecular weight is 410 g/mol. The lowest BCUT2D eigenvalue weighted by Gasteiger charge is -2.49. The van der Waals surface area contributed by atoms with Crippen LogP contribution in [0.15, 0.2) is 60.7 Å². The highest BCUT2D eigenvalue weighted by Crippen LogP contribution is 2.34. The largest absolute Gasteiger partial charge is 0.414 e. The Balaban J connectivity index is 1.86. The zero-order valence-corrected chi connectivity index (χ0v) is 18.3. The molecule has 5 nitrogen and oxygen atoms in total. The van der Waals surface area contributed by atoms with Gasteiger partial charge >= 0.3 is 0 Å². The minimum absolute atomic E-state index is 0.109. The summed E-state index contributed by atoms with van der Waals surface area (Å²) >= 11 is 0. The van der Waals surface area contributed by atoms with Crippen molar-refractivity contribution in [3.05, 3.63) is 71.8 Å². The Morgan fingerprint density at radius 1 is 0.966 bits per heavy atom. The van der Waals surface area contributed by atoms with Crippen LogP contribution in [0.3, 0.4) is 0 Å². The number of Topliss-reactive ketones (excluding diaryl/α,β-unsaturated/α-hetero) is 2. The normalized spacial score (nSPS) is 20.1. The van der Waals surface area contributed by atoms with Gasteiger partial charge < -0.3 is 9.33 Å². The predicted octanol–water partition coefficient (Wildman–Crippen LogP) is 3.82. The maximum atomic E-state index is 13.2. The molecule has 3 atom stereocenters. The Hall–Kier alpha value is -2.57. The topological polar surface area (TPSA) is 63.7 Å². The van der Waals surface area contributed by atoms with Crippen molar-refractivity contribution < 1.29 is 18.8 Å². The van der Waals surface area contributed by atoms with Crippen LogP contribution in [0.1, 0.15) is 27.6 Å². The molecule has 0 saturated carbocycles. The van der Waals surface area contributed by atoms with Crippen molar-refractivity contribution in [2.45, 2.75) is 38.7 Å². The van der Waals surface area contributed by atoms with Crippen LogP contribution in [0.2, 0.25) is 19.6 Å². The Morgan fingerprint density at radius 2 is 1.48 bits per heavy atom. The molecule has 1 amide bonds. The van der Waals surface area contributed by atoms with Crippen LogP contribution in [0.5, 0.6) is 0 Å². The molecule has 3 rings (SSSR count). The molecular weight excluding hydrogens is 382 g/mol. The van der Waals surface area contributed by atoms with Crippen molar-refractivity contribution in [2.75, 3.05) is 6.54 Å². The number of carbonyl (C=O) groups is 3. The highest BCUT2D eigenvalue weighted by molar-refractivity contribution is 6.69. The first-order valence-corrected chi connectivity index (χ1v) is 13.3. The lowest BCUT2D eigenvalue weighted by Crippen LogP contribution is -2.68. The van der Waals surface area contributed by atoms with Gasteiger partial charge in [0.1, 0.15) is 6.04 Å². The first-order valence-electron chi connectivity index (χ1n) is 9.85. The summed E-state index contributed by atoms with van der Waals surface area (Å²) < 4.78 is 6.12. The maximum absolute atomic E-state index is 13.2. The first-order chi connectivity index (χ1) is 13.7. The Bertz CT molecular complexity index is 892. The molecule has 1 aliphatic heterocycles. The Morgan fingerprint density at radius 3 is 2.00 bits per heavy atom. The maximum Gasteiger partial charge on any atom is 0.231 e. The zero-order chi connectivity index (χ0) is 21.2. The van der Waals surface area contributed by atoms with Gasteiger partial charge in [-0.05, 0) is 26.6 Å². The number of amides is 1. The molecule has 1 unspecified atom stereocenters. The van der Waals surface area contributed by atoms with Crippen LogP contribution in [-0.2, 0) is 9.22 Å². The van der Waals surface area contributed by atoms with E-state index in [1.807, 2.05) is 19.1 Å². The van der Waals surface area contributed by atoms with Gasteiger partial charge in [0.2, 0.25) is 5.91 Å². The fourth-order valence-electron chi connectivity index (χ4n) is 3.79. The zero-order valence-electron chi connectivity index (χ0n) is 17.3. The monoisotopic (exact) mass is 409 g/mol. The molecule has 2 aromatic rings. The third-order valence-electron chi connectivity index (χ3n) is 5.03. The number of nitrogens with zero attached hydrogens (tertiary/aromatic N) is 1. The van der Waals surface area contributed by atoms with Gasteiger partial charge in [-0.3, -0.25) is 14.4 Å². The minimum Gasteiger partial charge on any atom is -0.414 e. The van der Waals surface area contributed by atoms with E-state index in [-0.39, 0.29) is 30.1 Å². The third-order valence-corrected chi connectivity index (χ3v) is 6.10. The quantitative estimate of drug-likeness (QED) is 0.378. The van der Waals surface area contributed by atoms with Crippen molar-refractivity contribution >= 4 is 25.8 Å². The van der Waals surface area contributed by atoms with Gasteiger partial charge in [-0.15, -0.1) is 0 Å². The van der Waals surface area contributed by atoms with Crippen LogP contribution in [0, 0.1) is 5.92 Å². The second-order valence-electron chi connectivity index (χ2n) is 8.39. The predicted molar refractivity (Wildman–Crippen MR) is 114 cm³/mol. The SMILES string of the molecule is CC(O[Si](C)(C)C)[C@@H]1C(=O)N(CC(=O)c2ccccc2)[C@H]1C(=O)c1ccccc1. The van der Waals surface area contributed by atoms with Crippen LogP contribution in [-0.4, -0.2) is 49.4 Å². The first kappa shape index (κ1) is 21.1. The van der Waals surface area contributed by atoms with Gasteiger partial charge in [-0.25, -0.2) is 0 Å².